The molecule has 350 valence electrons. The molecule has 14 N–H and O–H groups in total. The maximum Gasteiger partial charge on any atom is 0.239 e. The number of aliphatic hydroxyl groups excluding tert-OH is 12. The molecule has 63 heavy (non-hydrogen) atoms. The lowest BCUT2D eigenvalue weighted by Gasteiger charge is -2.45. The van der Waals surface area contributed by atoms with E-state index < -0.39 is 158 Å². The molecule has 4 aliphatic rings. The average molecular weight is 903 g/mol. The molecular formula is C39H50O24. The van der Waals surface area contributed by atoms with E-state index in [2.05, 4.69) is 0 Å². The maximum absolute atomic E-state index is 14.2. The van der Waals surface area contributed by atoms with E-state index in [-0.39, 0.29) is 28.4 Å². The number of ether oxygens (including phenoxy) is 8. The molecule has 0 spiro atoms. The SMILES string of the molecule is C[C@@H]1O[C@H](Oc2cc(O)c3c(=O)c(O[C@@H]4O[C@H](C)[C@@H](O[C@@H]5O[C@H](CO)[C@@H](O)[C@H](O)[C@H]5O)[C@H](O)[C@@H]4O)c(-c4ccc(O)cc4)oc3c2)[C@H](O)[C@H](O)[C@H]1O[C@H]1O[C@@H](CO)[C@H](O)[C@@H](O)[C@@H]1O. The Morgan fingerprint density at radius 1 is 0.556 bits per heavy atom. The van der Waals surface area contributed by atoms with Crippen molar-refractivity contribution < 1.29 is 114 Å². The summed E-state index contributed by atoms with van der Waals surface area (Å²) in [6, 6.07) is 7.26. The highest BCUT2D eigenvalue weighted by atomic mass is 16.8. The van der Waals surface area contributed by atoms with Gasteiger partial charge in [-0.2, -0.15) is 0 Å². The van der Waals surface area contributed by atoms with Crippen LogP contribution in [0, 0.1) is 0 Å². The van der Waals surface area contributed by atoms with Gasteiger partial charge in [0.05, 0.1) is 25.4 Å². The summed E-state index contributed by atoms with van der Waals surface area (Å²) in [4.78, 5) is 14.2. The van der Waals surface area contributed by atoms with Gasteiger partial charge in [0.15, 0.2) is 18.3 Å². The summed E-state index contributed by atoms with van der Waals surface area (Å²) in [5, 5.41) is 146. The number of aromatic hydroxyl groups is 2. The number of phenols is 2. The highest BCUT2D eigenvalue weighted by Crippen LogP contribution is 2.39. The van der Waals surface area contributed by atoms with Gasteiger partial charge in [-0.25, -0.2) is 0 Å². The predicted octanol–water partition coefficient (Wildman–Crippen LogP) is -5.07. The largest absolute Gasteiger partial charge is 0.508 e. The van der Waals surface area contributed by atoms with Gasteiger partial charge >= 0.3 is 0 Å². The van der Waals surface area contributed by atoms with Crippen molar-refractivity contribution in [2.24, 2.45) is 0 Å². The predicted molar refractivity (Wildman–Crippen MR) is 202 cm³/mol. The minimum Gasteiger partial charge on any atom is -0.508 e. The van der Waals surface area contributed by atoms with Crippen LogP contribution in [0.5, 0.6) is 23.0 Å². The molecule has 4 aliphatic heterocycles. The Hall–Kier alpha value is -3.87. The molecule has 0 aliphatic carbocycles. The topological polar surface area (TPSA) is 387 Å². The average Bonchev–Trinajstić information content (AvgIpc) is 3.25. The van der Waals surface area contributed by atoms with E-state index in [1.54, 1.807) is 0 Å². The second-order valence-electron chi connectivity index (χ2n) is 15.7. The molecule has 0 amide bonds. The lowest BCUT2D eigenvalue weighted by Crippen LogP contribution is -2.64. The fourth-order valence-corrected chi connectivity index (χ4v) is 7.74. The van der Waals surface area contributed by atoms with Gasteiger partial charge in [-0.1, -0.05) is 0 Å². The van der Waals surface area contributed by atoms with Crippen molar-refractivity contribution in [3.8, 4) is 34.3 Å². The summed E-state index contributed by atoms with van der Waals surface area (Å²) >= 11 is 0. The van der Waals surface area contributed by atoms with Crippen LogP contribution in [-0.2, 0) is 28.4 Å². The van der Waals surface area contributed by atoms with Crippen LogP contribution in [0.1, 0.15) is 13.8 Å². The van der Waals surface area contributed by atoms with E-state index in [9.17, 15) is 76.3 Å². The van der Waals surface area contributed by atoms with Gasteiger partial charge in [0, 0.05) is 17.7 Å². The van der Waals surface area contributed by atoms with Crippen LogP contribution in [0.2, 0.25) is 0 Å². The number of rotatable bonds is 11. The van der Waals surface area contributed by atoms with Crippen molar-refractivity contribution in [3.63, 3.8) is 0 Å². The van der Waals surface area contributed by atoms with Crippen molar-refractivity contribution in [3.05, 3.63) is 46.6 Å². The van der Waals surface area contributed by atoms with E-state index in [1.165, 1.54) is 38.1 Å². The normalized spacial score (nSPS) is 41.0. The van der Waals surface area contributed by atoms with Crippen LogP contribution in [0.4, 0.5) is 0 Å². The zero-order valence-corrected chi connectivity index (χ0v) is 33.3. The fourth-order valence-electron chi connectivity index (χ4n) is 7.74. The van der Waals surface area contributed by atoms with Crippen LogP contribution in [0.25, 0.3) is 22.3 Å². The number of phenolic OH excluding ortho intramolecular Hbond substituents is 2. The summed E-state index contributed by atoms with van der Waals surface area (Å²) < 4.78 is 51.3. The van der Waals surface area contributed by atoms with Crippen LogP contribution in [-0.4, -0.2) is 208 Å². The molecular weight excluding hydrogens is 852 g/mol. The lowest BCUT2D eigenvalue weighted by molar-refractivity contribution is -0.349. The first kappa shape index (κ1) is 47.1. The number of hydrogen-bond acceptors (Lipinski definition) is 24. The molecule has 0 saturated carbocycles. The third-order valence-corrected chi connectivity index (χ3v) is 11.4. The highest BCUT2D eigenvalue weighted by Gasteiger charge is 2.52. The van der Waals surface area contributed by atoms with Gasteiger partial charge in [0.2, 0.25) is 23.8 Å². The fraction of sp³-hybridized carbons (Fsp3) is 0.615. The van der Waals surface area contributed by atoms with Crippen LogP contribution < -0.4 is 14.9 Å². The van der Waals surface area contributed by atoms with E-state index in [0.717, 1.165) is 12.1 Å². The molecule has 20 atom stereocenters. The molecule has 1 aromatic heterocycles. The minimum atomic E-state index is -2.00. The first-order valence-corrected chi connectivity index (χ1v) is 19.8. The van der Waals surface area contributed by atoms with Crippen molar-refractivity contribution >= 4 is 11.0 Å². The minimum absolute atomic E-state index is 0.115. The molecule has 24 nitrogen and oxygen atoms in total. The van der Waals surface area contributed by atoms with Crippen molar-refractivity contribution in [1.29, 1.82) is 0 Å². The summed E-state index contributed by atoms with van der Waals surface area (Å²) in [6.07, 6.45) is -33.0. The number of benzene rings is 2. The first-order valence-electron chi connectivity index (χ1n) is 19.8. The van der Waals surface area contributed by atoms with Crippen molar-refractivity contribution in [1.82, 2.24) is 0 Å². The van der Waals surface area contributed by atoms with Crippen LogP contribution in [0.15, 0.2) is 45.6 Å². The summed E-state index contributed by atoms with van der Waals surface area (Å²) in [5.41, 5.74) is -1.25. The lowest BCUT2D eigenvalue weighted by atomic mass is 9.97. The molecule has 4 fully saturated rings. The highest BCUT2D eigenvalue weighted by molar-refractivity contribution is 5.88. The number of hydrogen-bond donors (Lipinski definition) is 14. The molecule has 3 aromatic rings. The monoisotopic (exact) mass is 902 g/mol. The van der Waals surface area contributed by atoms with Gasteiger partial charge in [-0.3, -0.25) is 4.79 Å². The van der Waals surface area contributed by atoms with E-state index >= 15 is 0 Å². The van der Waals surface area contributed by atoms with E-state index in [4.69, 9.17) is 42.3 Å². The molecule has 2 aromatic carbocycles. The molecule has 0 unspecified atom stereocenters. The molecule has 24 heteroatoms. The van der Waals surface area contributed by atoms with Crippen molar-refractivity contribution in [2.75, 3.05) is 13.2 Å². The standard InChI is InChI=1S/C39H50O24/c1-11-32(61-38-28(51)24(47)21(44)18(9-40)59-38)26(49)30(53)36(55-11)57-15-7-16(43)20-17(8-15)58-34(13-3-5-14(42)6-4-13)35(23(20)46)63-37-31(54)27(50)33(12(2)56-37)62-39-29(52)25(48)22(45)19(10-41)60-39/h3-8,11-12,18-19,21-22,24-33,36-45,47-54H,9-10H2,1-2H3/t11-,12+,18-,19+,21-,22+,24+,25-,26-,27+,28-,29+,30+,31-,32-,33+,36+,37-,38+,39-/m0/s1. The van der Waals surface area contributed by atoms with Gasteiger partial charge in [-0.05, 0) is 38.1 Å². The second-order valence-corrected chi connectivity index (χ2v) is 15.7. The summed E-state index contributed by atoms with van der Waals surface area (Å²) in [5.74, 6) is -2.18. The molecule has 0 bridgehead atoms. The second kappa shape index (κ2) is 18.9. The van der Waals surface area contributed by atoms with Gasteiger partial charge < -0.3 is 114 Å². The number of aliphatic hydroxyl groups is 12. The molecule has 7 rings (SSSR count). The van der Waals surface area contributed by atoms with Crippen LogP contribution >= 0.6 is 0 Å². The third kappa shape index (κ3) is 9.07. The molecule has 4 saturated heterocycles. The van der Waals surface area contributed by atoms with E-state index in [1.807, 2.05) is 0 Å². The first-order chi connectivity index (χ1) is 29.8. The molecule has 0 radical (unpaired) electrons. The Morgan fingerprint density at radius 2 is 1.02 bits per heavy atom. The van der Waals surface area contributed by atoms with Crippen molar-refractivity contribution in [2.45, 2.75) is 137 Å². The summed E-state index contributed by atoms with van der Waals surface area (Å²) in [6.45, 7) is 1.27. The zero-order valence-electron chi connectivity index (χ0n) is 33.3. The number of fused-ring (bicyclic) bond motifs is 1. The Kier molecular flexibility index (Phi) is 14.1. The smallest absolute Gasteiger partial charge is 0.239 e. The maximum atomic E-state index is 14.2. The third-order valence-electron chi connectivity index (χ3n) is 11.4. The van der Waals surface area contributed by atoms with E-state index in [0.29, 0.717) is 0 Å². The zero-order chi connectivity index (χ0) is 45.8. The summed E-state index contributed by atoms with van der Waals surface area (Å²) in [7, 11) is 0. The Labute approximate surface area is 355 Å². The van der Waals surface area contributed by atoms with Gasteiger partial charge in [0.1, 0.15) is 114 Å². The quantitative estimate of drug-likeness (QED) is 0.0856. The van der Waals surface area contributed by atoms with Gasteiger partial charge in [0.25, 0.3) is 0 Å². The Morgan fingerprint density at radius 3 is 1.49 bits per heavy atom. The van der Waals surface area contributed by atoms with Crippen LogP contribution in [0.3, 0.4) is 0 Å². The Balaban J connectivity index is 1.12. The Bertz CT molecular complexity index is 2080. The van der Waals surface area contributed by atoms with Gasteiger partial charge in [-0.15, -0.1) is 0 Å². The molecule has 5 heterocycles.